The summed E-state index contributed by atoms with van der Waals surface area (Å²) < 4.78 is 6.43. The molecule has 132 valence electrons. The summed E-state index contributed by atoms with van der Waals surface area (Å²) in [5.41, 5.74) is 1.40. The first-order valence-corrected chi connectivity index (χ1v) is 9.31. The number of anilines is 1. The van der Waals surface area contributed by atoms with E-state index in [1.165, 1.54) is 0 Å². The second-order valence-electron chi connectivity index (χ2n) is 5.20. The van der Waals surface area contributed by atoms with Crippen molar-refractivity contribution in [2.45, 2.75) is 0 Å². The maximum atomic E-state index is 12.3. The summed E-state index contributed by atoms with van der Waals surface area (Å²) in [6.07, 6.45) is 0. The van der Waals surface area contributed by atoms with Gasteiger partial charge in [-0.1, -0.05) is 39.1 Å². The van der Waals surface area contributed by atoms with Crippen LogP contribution < -0.4 is 10.6 Å². The molecule has 0 radical (unpaired) electrons. The Labute approximate surface area is 173 Å². The van der Waals surface area contributed by atoms with Crippen LogP contribution in [-0.2, 0) is 0 Å². The number of carbonyl (C=O) groups excluding carboxylic acids is 1. The van der Waals surface area contributed by atoms with Crippen LogP contribution in [0.25, 0.3) is 11.3 Å². The van der Waals surface area contributed by atoms with Crippen LogP contribution in [0.2, 0.25) is 10.0 Å². The van der Waals surface area contributed by atoms with Crippen molar-refractivity contribution in [1.82, 2.24) is 5.32 Å². The molecule has 0 atom stereocenters. The zero-order valence-corrected chi connectivity index (χ0v) is 17.0. The maximum absolute atomic E-state index is 12.3. The number of hydrogen-bond acceptors (Lipinski definition) is 3. The number of rotatable bonds is 3. The lowest BCUT2D eigenvalue weighted by Gasteiger charge is -2.10. The summed E-state index contributed by atoms with van der Waals surface area (Å²) in [6.45, 7) is 0. The van der Waals surface area contributed by atoms with E-state index in [4.69, 9.17) is 39.8 Å². The summed E-state index contributed by atoms with van der Waals surface area (Å²) >= 11 is 20.5. The lowest BCUT2D eigenvalue weighted by atomic mass is 10.2. The van der Waals surface area contributed by atoms with Crippen molar-refractivity contribution >= 4 is 68.1 Å². The van der Waals surface area contributed by atoms with E-state index in [0.29, 0.717) is 21.5 Å². The molecule has 1 aromatic heterocycles. The lowest BCUT2D eigenvalue weighted by Crippen LogP contribution is -2.33. The van der Waals surface area contributed by atoms with Crippen LogP contribution in [0, 0.1) is 0 Å². The lowest BCUT2D eigenvalue weighted by molar-refractivity contribution is 0.0951. The number of halogens is 3. The maximum Gasteiger partial charge on any atom is 0.293 e. The van der Waals surface area contributed by atoms with Gasteiger partial charge in [-0.2, -0.15) is 0 Å². The highest BCUT2D eigenvalue weighted by atomic mass is 79.9. The third kappa shape index (κ3) is 4.65. The first kappa shape index (κ1) is 18.9. The highest BCUT2D eigenvalue weighted by Crippen LogP contribution is 2.26. The quantitative estimate of drug-likeness (QED) is 0.452. The van der Waals surface area contributed by atoms with Crippen molar-refractivity contribution in [1.29, 1.82) is 0 Å². The molecule has 0 unspecified atom stereocenters. The van der Waals surface area contributed by atoms with Crippen LogP contribution in [0.15, 0.2) is 63.5 Å². The average molecular weight is 470 g/mol. The molecular weight excluding hydrogens is 459 g/mol. The van der Waals surface area contributed by atoms with E-state index < -0.39 is 5.91 Å². The van der Waals surface area contributed by atoms with Gasteiger partial charge >= 0.3 is 0 Å². The molecule has 3 rings (SSSR count). The molecule has 0 spiro atoms. The Hall–Kier alpha value is -1.86. The SMILES string of the molecule is O=C(NC(=S)Nc1ccc(Br)cc1Cl)c1ccc(-c2ccc(Cl)cc2)o1. The predicted molar refractivity (Wildman–Crippen MR) is 112 cm³/mol. The molecule has 0 fully saturated rings. The van der Waals surface area contributed by atoms with Crippen LogP contribution in [0.3, 0.4) is 0 Å². The number of carbonyl (C=O) groups is 1. The Kier molecular flexibility index (Phi) is 5.98. The molecule has 0 aliphatic rings. The molecule has 26 heavy (non-hydrogen) atoms. The first-order valence-electron chi connectivity index (χ1n) is 7.35. The van der Waals surface area contributed by atoms with Crippen LogP contribution in [0.5, 0.6) is 0 Å². The standard InChI is InChI=1S/C18H11BrCl2N2O2S/c19-11-3-6-14(13(21)9-11)22-18(26)23-17(24)16-8-7-15(25-16)10-1-4-12(20)5-2-10/h1-9H,(H2,22,23,24,26). The van der Waals surface area contributed by atoms with Gasteiger partial charge in [-0.25, -0.2) is 0 Å². The average Bonchev–Trinajstić information content (AvgIpc) is 3.08. The molecule has 8 heteroatoms. The van der Waals surface area contributed by atoms with Gasteiger partial charge in [-0.3, -0.25) is 10.1 Å². The molecule has 0 aliphatic heterocycles. The minimum absolute atomic E-state index is 0.115. The van der Waals surface area contributed by atoms with Gasteiger partial charge in [0.25, 0.3) is 5.91 Å². The van der Waals surface area contributed by atoms with E-state index in [1.807, 2.05) is 18.2 Å². The highest BCUT2D eigenvalue weighted by Gasteiger charge is 2.14. The molecule has 4 nitrogen and oxygen atoms in total. The number of benzene rings is 2. The van der Waals surface area contributed by atoms with E-state index in [1.54, 1.807) is 36.4 Å². The molecule has 0 saturated carbocycles. The van der Waals surface area contributed by atoms with Crippen molar-refractivity contribution in [3.63, 3.8) is 0 Å². The Bertz CT molecular complexity index is 974. The van der Waals surface area contributed by atoms with E-state index >= 15 is 0 Å². The molecule has 1 heterocycles. The third-order valence-corrected chi connectivity index (χ3v) is 4.63. The predicted octanol–water partition coefficient (Wildman–Crippen LogP) is 6.14. The van der Waals surface area contributed by atoms with Crippen molar-refractivity contribution in [2.24, 2.45) is 0 Å². The number of hydrogen-bond donors (Lipinski definition) is 2. The van der Waals surface area contributed by atoms with Gasteiger partial charge in [-0.05, 0) is 66.8 Å². The van der Waals surface area contributed by atoms with Gasteiger partial charge in [0.05, 0.1) is 10.7 Å². The third-order valence-electron chi connectivity index (χ3n) is 3.36. The largest absolute Gasteiger partial charge is 0.451 e. The Morgan fingerprint density at radius 2 is 1.77 bits per heavy atom. The van der Waals surface area contributed by atoms with Crippen molar-refractivity contribution in [2.75, 3.05) is 5.32 Å². The van der Waals surface area contributed by atoms with Gasteiger partial charge in [-0.15, -0.1) is 0 Å². The highest BCUT2D eigenvalue weighted by molar-refractivity contribution is 9.10. The molecule has 0 saturated heterocycles. The van der Waals surface area contributed by atoms with Crippen LogP contribution in [0.4, 0.5) is 5.69 Å². The van der Waals surface area contributed by atoms with Crippen LogP contribution in [-0.4, -0.2) is 11.0 Å². The number of thiocarbonyl (C=S) groups is 1. The number of nitrogens with one attached hydrogen (secondary N) is 2. The van der Waals surface area contributed by atoms with Gasteiger partial charge in [0, 0.05) is 15.1 Å². The minimum Gasteiger partial charge on any atom is -0.451 e. The molecule has 0 aliphatic carbocycles. The van der Waals surface area contributed by atoms with Crippen LogP contribution in [0.1, 0.15) is 10.6 Å². The van der Waals surface area contributed by atoms with Gasteiger partial charge < -0.3 is 9.73 Å². The Morgan fingerprint density at radius 1 is 1.04 bits per heavy atom. The number of amides is 1. The van der Waals surface area contributed by atoms with E-state index in [2.05, 4.69) is 26.6 Å². The van der Waals surface area contributed by atoms with E-state index in [-0.39, 0.29) is 10.9 Å². The van der Waals surface area contributed by atoms with E-state index in [9.17, 15) is 4.79 Å². The van der Waals surface area contributed by atoms with Gasteiger partial charge in [0.1, 0.15) is 5.76 Å². The van der Waals surface area contributed by atoms with E-state index in [0.717, 1.165) is 10.0 Å². The van der Waals surface area contributed by atoms with Gasteiger partial charge in [0.15, 0.2) is 10.9 Å². The Morgan fingerprint density at radius 3 is 2.46 bits per heavy atom. The first-order chi connectivity index (χ1) is 12.4. The second kappa shape index (κ2) is 8.22. The normalized spacial score (nSPS) is 10.4. The fourth-order valence-electron chi connectivity index (χ4n) is 2.14. The number of furan rings is 1. The summed E-state index contributed by atoms with van der Waals surface area (Å²) in [6, 6.07) is 15.7. The summed E-state index contributed by atoms with van der Waals surface area (Å²) in [5, 5.41) is 6.64. The fourth-order valence-corrected chi connectivity index (χ4v) is 3.19. The smallest absolute Gasteiger partial charge is 0.293 e. The molecule has 0 bridgehead atoms. The monoisotopic (exact) mass is 468 g/mol. The summed E-state index contributed by atoms with van der Waals surface area (Å²) in [5.74, 6) is 0.235. The molecule has 2 N–H and O–H groups in total. The molecule has 3 aromatic rings. The zero-order valence-electron chi connectivity index (χ0n) is 13.1. The summed E-state index contributed by atoms with van der Waals surface area (Å²) in [4.78, 5) is 12.3. The van der Waals surface area contributed by atoms with Gasteiger partial charge in [0.2, 0.25) is 0 Å². The van der Waals surface area contributed by atoms with Crippen LogP contribution >= 0.6 is 51.3 Å². The van der Waals surface area contributed by atoms with Crippen molar-refractivity contribution < 1.29 is 9.21 Å². The summed E-state index contributed by atoms with van der Waals surface area (Å²) in [7, 11) is 0. The minimum atomic E-state index is -0.462. The second-order valence-corrected chi connectivity index (χ2v) is 7.37. The molecule has 1 amide bonds. The zero-order chi connectivity index (χ0) is 18.7. The van der Waals surface area contributed by atoms with Crippen molar-refractivity contribution in [3.05, 3.63) is 74.9 Å². The molecular formula is C18H11BrCl2N2O2S. The Balaban J connectivity index is 1.66. The molecule has 2 aromatic carbocycles. The topological polar surface area (TPSA) is 54.3 Å². The van der Waals surface area contributed by atoms with Crippen molar-refractivity contribution in [3.8, 4) is 11.3 Å². The fraction of sp³-hybridized carbons (Fsp3) is 0.